The largest absolute Gasteiger partial charge is 0.384 e. The Hall–Kier alpha value is -1.58. The summed E-state index contributed by atoms with van der Waals surface area (Å²) in [7, 11) is 0. The first-order chi connectivity index (χ1) is 9.69. The van der Waals surface area contributed by atoms with Gasteiger partial charge in [0.1, 0.15) is 5.69 Å². The van der Waals surface area contributed by atoms with E-state index in [4.69, 9.17) is 0 Å². The monoisotopic (exact) mass is 275 g/mol. The van der Waals surface area contributed by atoms with E-state index in [0.29, 0.717) is 11.1 Å². The number of hydrogen-bond donors (Lipinski definition) is 2. The number of carbonyl (C=O) groups is 1. The number of nitrogens with zero attached hydrogens (tertiary/aromatic N) is 1. The van der Waals surface area contributed by atoms with E-state index in [1.807, 2.05) is 13.0 Å². The van der Waals surface area contributed by atoms with E-state index >= 15 is 0 Å². The first-order valence-electron chi connectivity index (χ1n) is 7.67. The molecule has 4 nitrogen and oxygen atoms in total. The van der Waals surface area contributed by atoms with Gasteiger partial charge in [-0.1, -0.05) is 19.8 Å². The first kappa shape index (κ1) is 14.8. The van der Waals surface area contributed by atoms with Gasteiger partial charge in [-0.3, -0.25) is 4.79 Å². The summed E-state index contributed by atoms with van der Waals surface area (Å²) in [5, 5.41) is 6.23. The van der Waals surface area contributed by atoms with Crippen molar-refractivity contribution in [1.29, 1.82) is 0 Å². The van der Waals surface area contributed by atoms with E-state index in [-0.39, 0.29) is 5.91 Å². The molecule has 2 rings (SSSR count). The summed E-state index contributed by atoms with van der Waals surface area (Å²) in [5.41, 5.74) is 1.76. The maximum Gasteiger partial charge on any atom is 0.269 e. The van der Waals surface area contributed by atoms with Crippen LogP contribution in [0.25, 0.3) is 0 Å². The molecule has 0 unspecified atom stereocenters. The maximum atomic E-state index is 12.1. The molecule has 0 radical (unpaired) electrons. The van der Waals surface area contributed by atoms with Crippen molar-refractivity contribution >= 4 is 11.6 Å². The Morgan fingerprint density at radius 2 is 2.05 bits per heavy atom. The Bertz CT molecular complexity index is 436. The van der Waals surface area contributed by atoms with Crippen LogP contribution in [0.1, 0.15) is 56.4 Å². The molecule has 1 fully saturated rings. The van der Waals surface area contributed by atoms with Crippen molar-refractivity contribution < 1.29 is 4.79 Å². The molecule has 0 bridgehead atoms. The number of aromatic nitrogens is 1. The molecule has 0 saturated heterocycles. The Kier molecular flexibility index (Phi) is 4.99. The predicted octanol–water partition coefficient (Wildman–Crippen LogP) is 3.21. The van der Waals surface area contributed by atoms with Crippen LogP contribution in [0, 0.1) is 5.41 Å². The highest BCUT2D eigenvalue weighted by molar-refractivity contribution is 5.92. The van der Waals surface area contributed by atoms with Crippen LogP contribution in [0.15, 0.2) is 18.3 Å². The van der Waals surface area contributed by atoms with Gasteiger partial charge in [0.2, 0.25) is 0 Å². The number of amides is 1. The molecule has 0 aromatic carbocycles. The average molecular weight is 275 g/mol. The molecule has 20 heavy (non-hydrogen) atoms. The zero-order valence-corrected chi connectivity index (χ0v) is 12.5. The average Bonchev–Trinajstić information content (AvgIpc) is 2.95. The Morgan fingerprint density at radius 1 is 1.30 bits per heavy atom. The Morgan fingerprint density at radius 3 is 2.60 bits per heavy atom. The quantitative estimate of drug-likeness (QED) is 0.838. The van der Waals surface area contributed by atoms with Crippen molar-refractivity contribution in [1.82, 2.24) is 10.3 Å². The van der Waals surface area contributed by atoms with E-state index in [2.05, 4.69) is 22.5 Å². The van der Waals surface area contributed by atoms with Crippen molar-refractivity contribution in [2.75, 3.05) is 18.4 Å². The van der Waals surface area contributed by atoms with Crippen molar-refractivity contribution in [3.63, 3.8) is 0 Å². The summed E-state index contributed by atoms with van der Waals surface area (Å²) < 4.78 is 0. The number of anilines is 1. The minimum atomic E-state index is -0.0622. The molecular weight excluding hydrogens is 250 g/mol. The summed E-state index contributed by atoms with van der Waals surface area (Å²) >= 11 is 0. The van der Waals surface area contributed by atoms with Crippen LogP contribution in [0.2, 0.25) is 0 Å². The van der Waals surface area contributed by atoms with Gasteiger partial charge in [0.25, 0.3) is 5.91 Å². The number of rotatable bonds is 6. The third-order valence-electron chi connectivity index (χ3n) is 4.42. The van der Waals surface area contributed by atoms with E-state index in [0.717, 1.165) is 25.2 Å². The fourth-order valence-corrected chi connectivity index (χ4v) is 2.98. The van der Waals surface area contributed by atoms with Crippen LogP contribution in [0.5, 0.6) is 0 Å². The summed E-state index contributed by atoms with van der Waals surface area (Å²) in [5.74, 6) is -0.0622. The fraction of sp³-hybridized carbons (Fsp3) is 0.625. The van der Waals surface area contributed by atoms with Crippen LogP contribution in [0.4, 0.5) is 5.69 Å². The van der Waals surface area contributed by atoms with Gasteiger partial charge >= 0.3 is 0 Å². The van der Waals surface area contributed by atoms with Gasteiger partial charge in [0.15, 0.2) is 0 Å². The lowest BCUT2D eigenvalue weighted by atomic mass is 9.83. The topological polar surface area (TPSA) is 54.0 Å². The van der Waals surface area contributed by atoms with Crippen LogP contribution in [-0.4, -0.2) is 24.0 Å². The second-order valence-corrected chi connectivity index (χ2v) is 5.71. The number of hydrogen-bond acceptors (Lipinski definition) is 3. The van der Waals surface area contributed by atoms with Gasteiger partial charge in [-0.05, 0) is 43.7 Å². The highest BCUT2D eigenvalue weighted by Gasteiger charge is 2.32. The van der Waals surface area contributed by atoms with E-state index in [1.54, 1.807) is 12.3 Å². The van der Waals surface area contributed by atoms with Crippen molar-refractivity contribution in [3.05, 3.63) is 24.0 Å². The minimum absolute atomic E-state index is 0.0622. The third kappa shape index (κ3) is 3.50. The van der Waals surface area contributed by atoms with Gasteiger partial charge in [-0.15, -0.1) is 0 Å². The maximum absolute atomic E-state index is 12.1. The molecule has 1 aromatic heterocycles. The number of nitrogens with one attached hydrogen (secondary N) is 2. The van der Waals surface area contributed by atoms with Gasteiger partial charge in [0.05, 0.1) is 11.9 Å². The van der Waals surface area contributed by atoms with Crippen LogP contribution >= 0.6 is 0 Å². The van der Waals surface area contributed by atoms with Gasteiger partial charge in [-0.2, -0.15) is 0 Å². The molecule has 1 aliphatic carbocycles. The lowest BCUT2D eigenvalue weighted by Gasteiger charge is -2.27. The number of pyridine rings is 1. The Balaban J connectivity index is 1.91. The second-order valence-electron chi connectivity index (χ2n) is 5.71. The predicted molar refractivity (Wildman–Crippen MR) is 81.9 cm³/mol. The summed E-state index contributed by atoms with van der Waals surface area (Å²) in [6.07, 6.45) is 7.90. The molecule has 1 amide bonds. The lowest BCUT2D eigenvalue weighted by Crippen LogP contribution is -2.35. The molecule has 0 spiro atoms. The second kappa shape index (κ2) is 6.73. The molecule has 1 aromatic rings. The normalized spacial score (nSPS) is 16.9. The van der Waals surface area contributed by atoms with Crippen molar-refractivity contribution in [2.45, 2.75) is 46.0 Å². The summed E-state index contributed by atoms with van der Waals surface area (Å²) in [4.78, 5) is 16.4. The highest BCUT2D eigenvalue weighted by atomic mass is 16.1. The fourth-order valence-electron chi connectivity index (χ4n) is 2.98. The molecule has 4 heteroatoms. The zero-order valence-electron chi connectivity index (χ0n) is 12.5. The lowest BCUT2D eigenvalue weighted by molar-refractivity contribution is 0.0924. The first-order valence-corrected chi connectivity index (χ1v) is 7.67. The molecule has 1 aliphatic rings. The van der Waals surface area contributed by atoms with E-state index < -0.39 is 0 Å². The van der Waals surface area contributed by atoms with Crippen LogP contribution in [-0.2, 0) is 0 Å². The Labute approximate surface area is 121 Å². The molecule has 0 atom stereocenters. The summed E-state index contributed by atoms with van der Waals surface area (Å²) in [6.45, 7) is 5.89. The molecular formula is C16H25N3O. The minimum Gasteiger partial charge on any atom is -0.384 e. The van der Waals surface area contributed by atoms with Gasteiger partial charge in [-0.25, -0.2) is 4.98 Å². The van der Waals surface area contributed by atoms with Crippen LogP contribution < -0.4 is 10.6 Å². The zero-order chi connectivity index (χ0) is 14.4. The standard InChI is InChI=1S/C16H25N3O/c1-3-16(9-5-6-10-16)12-19-15(20)14-8-7-13(11-18-14)17-4-2/h7-8,11,17H,3-6,9-10,12H2,1-2H3,(H,19,20). The van der Waals surface area contributed by atoms with Crippen molar-refractivity contribution in [2.24, 2.45) is 5.41 Å². The molecule has 1 saturated carbocycles. The van der Waals surface area contributed by atoms with Crippen molar-refractivity contribution in [3.8, 4) is 0 Å². The van der Waals surface area contributed by atoms with E-state index in [9.17, 15) is 4.79 Å². The SMILES string of the molecule is CCNc1ccc(C(=O)NCC2(CC)CCCC2)nc1. The molecule has 0 aliphatic heterocycles. The summed E-state index contributed by atoms with van der Waals surface area (Å²) in [6, 6.07) is 3.68. The van der Waals surface area contributed by atoms with Gasteiger partial charge in [0, 0.05) is 13.1 Å². The molecule has 2 N–H and O–H groups in total. The smallest absolute Gasteiger partial charge is 0.269 e. The van der Waals surface area contributed by atoms with Crippen LogP contribution in [0.3, 0.4) is 0 Å². The highest BCUT2D eigenvalue weighted by Crippen LogP contribution is 2.40. The van der Waals surface area contributed by atoms with Gasteiger partial charge < -0.3 is 10.6 Å². The molecule has 110 valence electrons. The third-order valence-corrected chi connectivity index (χ3v) is 4.42. The van der Waals surface area contributed by atoms with E-state index in [1.165, 1.54) is 25.7 Å². The molecule has 1 heterocycles. The number of carbonyl (C=O) groups excluding carboxylic acids is 1.